The molecule has 9 heteroatoms. The summed E-state index contributed by atoms with van der Waals surface area (Å²) in [5.41, 5.74) is 0.629. The lowest BCUT2D eigenvalue weighted by Gasteiger charge is -2.35. The van der Waals surface area contributed by atoms with Crippen LogP contribution in [-0.2, 0) is 25.5 Å². The highest BCUT2D eigenvalue weighted by Crippen LogP contribution is 2.30. The number of hydrogen-bond donors (Lipinski definition) is 3. The van der Waals surface area contributed by atoms with E-state index in [-0.39, 0.29) is 17.7 Å². The van der Waals surface area contributed by atoms with Crippen LogP contribution in [0.4, 0.5) is 0 Å². The van der Waals surface area contributed by atoms with Gasteiger partial charge in [0, 0.05) is 43.8 Å². The second-order valence-electron chi connectivity index (χ2n) is 12.9. The third-order valence-corrected chi connectivity index (χ3v) is 9.95. The highest BCUT2D eigenvalue weighted by Gasteiger charge is 2.43. The molecule has 3 fully saturated rings. The van der Waals surface area contributed by atoms with E-state index in [1.807, 2.05) is 48.5 Å². The fourth-order valence-electron chi connectivity index (χ4n) is 6.83. The summed E-state index contributed by atoms with van der Waals surface area (Å²) in [6.45, 7) is 5.59. The standard InChI is InChI=1S/C36H47ClN4O4/c37-31-11-5-4-10-30(31)12-13-33(42)40-36(18-6-7-19-36)35(44)39-32(24-27-8-2-1-3-9-27)34(43)38-25-28-14-20-41(21-15-28)26-29-16-22-45-23-17-29/h1-5,8-13,28-29,32H,6-7,14-26H2,(H,38,43)(H,39,44)(H,40,42)/b13-12+/t32-/m1/s1. The lowest BCUT2D eigenvalue weighted by molar-refractivity contribution is -0.135. The molecule has 0 bridgehead atoms. The van der Waals surface area contributed by atoms with E-state index in [9.17, 15) is 14.4 Å². The van der Waals surface area contributed by atoms with Crippen LogP contribution < -0.4 is 16.0 Å². The first-order valence-electron chi connectivity index (χ1n) is 16.6. The molecule has 2 heterocycles. The number of likely N-dealkylation sites (tertiary alicyclic amines) is 1. The first-order valence-corrected chi connectivity index (χ1v) is 17.0. The average molecular weight is 635 g/mol. The summed E-state index contributed by atoms with van der Waals surface area (Å²) in [6, 6.07) is 16.3. The van der Waals surface area contributed by atoms with Crippen molar-refractivity contribution in [1.82, 2.24) is 20.9 Å². The number of carbonyl (C=O) groups excluding carboxylic acids is 3. The van der Waals surface area contributed by atoms with E-state index in [1.165, 1.54) is 6.08 Å². The number of nitrogens with zero attached hydrogens (tertiary/aromatic N) is 1. The maximum absolute atomic E-state index is 13.9. The SMILES string of the molecule is O=C(/C=C/c1ccccc1Cl)NC1(C(=O)N[C@H](Cc2ccccc2)C(=O)NCC2CCN(CC3CCOCC3)CC2)CCCC1. The van der Waals surface area contributed by atoms with E-state index in [0.29, 0.717) is 36.7 Å². The van der Waals surface area contributed by atoms with Gasteiger partial charge in [0.25, 0.3) is 0 Å². The lowest BCUT2D eigenvalue weighted by Crippen LogP contribution is -2.61. The van der Waals surface area contributed by atoms with Crippen molar-refractivity contribution < 1.29 is 19.1 Å². The van der Waals surface area contributed by atoms with E-state index < -0.39 is 11.6 Å². The van der Waals surface area contributed by atoms with Crippen LogP contribution in [0.2, 0.25) is 5.02 Å². The average Bonchev–Trinajstić information content (AvgIpc) is 3.54. The van der Waals surface area contributed by atoms with Crippen LogP contribution in [-0.4, -0.2) is 73.6 Å². The second-order valence-corrected chi connectivity index (χ2v) is 13.3. The molecule has 0 spiro atoms. The second kappa shape index (κ2) is 16.4. The van der Waals surface area contributed by atoms with E-state index >= 15 is 0 Å². The van der Waals surface area contributed by atoms with Crippen LogP contribution in [0.15, 0.2) is 60.7 Å². The number of amides is 3. The van der Waals surface area contributed by atoms with Gasteiger partial charge < -0.3 is 25.6 Å². The van der Waals surface area contributed by atoms with Crippen molar-refractivity contribution >= 4 is 35.4 Å². The molecule has 8 nitrogen and oxygen atoms in total. The molecule has 2 aromatic rings. The number of piperidine rings is 1. The Morgan fingerprint density at radius 3 is 2.33 bits per heavy atom. The summed E-state index contributed by atoms with van der Waals surface area (Å²) in [5.74, 6) is 0.285. The number of ether oxygens (including phenoxy) is 1. The van der Waals surface area contributed by atoms with Crippen molar-refractivity contribution in [2.45, 2.75) is 69.4 Å². The zero-order chi connectivity index (χ0) is 31.5. The van der Waals surface area contributed by atoms with Gasteiger partial charge in [-0.2, -0.15) is 0 Å². The molecule has 2 saturated heterocycles. The van der Waals surface area contributed by atoms with Crippen LogP contribution in [0.1, 0.15) is 62.5 Å². The van der Waals surface area contributed by atoms with E-state index in [0.717, 1.165) is 88.4 Å². The molecule has 2 aliphatic heterocycles. The van der Waals surface area contributed by atoms with E-state index in [1.54, 1.807) is 12.1 Å². The normalized spacial score (nSPS) is 20.1. The van der Waals surface area contributed by atoms with E-state index in [2.05, 4.69) is 20.9 Å². The molecule has 242 valence electrons. The monoisotopic (exact) mass is 634 g/mol. The maximum Gasteiger partial charge on any atom is 0.246 e. The number of carbonyl (C=O) groups is 3. The highest BCUT2D eigenvalue weighted by molar-refractivity contribution is 6.32. The minimum Gasteiger partial charge on any atom is -0.381 e. The van der Waals surface area contributed by atoms with Crippen LogP contribution >= 0.6 is 11.6 Å². The van der Waals surface area contributed by atoms with Crippen molar-refractivity contribution in [2.24, 2.45) is 11.8 Å². The summed E-state index contributed by atoms with van der Waals surface area (Å²) in [7, 11) is 0. The first-order chi connectivity index (χ1) is 21.9. The summed E-state index contributed by atoms with van der Waals surface area (Å²) in [5, 5.41) is 9.74. The Morgan fingerprint density at radius 2 is 1.62 bits per heavy atom. The van der Waals surface area contributed by atoms with Gasteiger partial charge in [-0.3, -0.25) is 14.4 Å². The van der Waals surface area contributed by atoms with Gasteiger partial charge in [-0.15, -0.1) is 0 Å². The third kappa shape index (κ3) is 9.65. The molecule has 0 aromatic heterocycles. The summed E-state index contributed by atoms with van der Waals surface area (Å²) < 4.78 is 5.51. The smallest absolute Gasteiger partial charge is 0.246 e. The molecule has 0 radical (unpaired) electrons. The first kappa shape index (κ1) is 33.2. The van der Waals surface area contributed by atoms with Crippen LogP contribution in [0, 0.1) is 11.8 Å². The lowest BCUT2D eigenvalue weighted by atomic mass is 9.93. The zero-order valence-electron chi connectivity index (χ0n) is 26.1. The van der Waals surface area contributed by atoms with Crippen LogP contribution in [0.3, 0.4) is 0 Å². The van der Waals surface area contributed by atoms with Crippen molar-refractivity contribution in [3.8, 4) is 0 Å². The Hall–Kier alpha value is -3.20. The maximum atomic E-state index is 13.9. The summed E-state index contributed by atoms with van der Waals surface area (Å²) in [4.78, 5) is 43.1. The molecular formula is C36H47ClN4O4. The third-order valence-electron chi connectivity index (χ3n) is 9.61. The van der Waals surface area contributed by atoms with Crippen LogP contribution in [0.5, 0.6) is 0 Å². The summed E-state index contributed by atoms with van der Waals surface area (Å²) in [6.07, 6.45) is 10.5. The van der Waals surface area contributed by atoms with Crippen molar-refractivity contribution in [1.29, 1.82) is 0 Å². The highest BCUT2D eigenvalue weighted by atomic mass is 35.5. The molecule has 5 rings (SSSR count). The zero-order valence-corrected chi connectivity index (χ0v) is 26.9. The predicted octanol–water partition coefficient (Wildman–Crippen LogP) is 4.76. The number of benzene rings is 2. The Labute approximate surface area is 272 Å². The minimum absolute atomic E-state index is 0.185. The Morgan fingerprint density at radius 1 is 0.933 bits per heavy atom. The number of hydrogen-bond acceptors (Lipinski definition) is 5. The fraction of sp³-hybridized carbons (Fsp3) is 0.528. The Bertz CT molecular complexity index is 1300. The van der Waals surface area contributed by atoms with Gasteiger partial charge >= 0.3 is 0 Å². The molecule has 3 aliphatic rings. The van der Waals surface area contributed by atoms with Crippen molar-refractivity contribution in [3.63, 3.8) is 0 Å². The molecule has 1 saturated carbocycles. The molecule has 3 amide bonds. The largest absolute Gasteiger partial charge is 0.381 e. The minimum atomic E-state index is -1.06. The van der Waals surface area contributed by atoms with Gasteiger partial charge in [0.05, 0.1) is 0 Å². The topological polar surface area (TPSA) is 99.8 Å². The molecule has 1 atom stereocenters. The molecule has 45 heavy (non-hydrogen) atoms. The fourth-order valence-corrected chi connectivity index (χ4v) is 7.03. The quantitative estimate of drug-likeness (QED) is 0.292. The van der Waals surface area contributed by atoms with Gasteiger partial charge in [-0.1, -0.05) is 73.0 Å². The Balaban J connectivity index is 1.18. The van der Waals surface area contributed by atoms with E-state index in [4.69, 9.17) is 16.3 Å². The number of halogens is 1. The number of nitrogens with one attached hydrogen (secondary N) is 3. The summed E-state index contributed by atoms with van der Waals surface area (Å²) >= 11 is 6.24. The van der Waals surface area contributed by atoms with Crippen LogP contribution in [0.25, 0.3) is 6.08 Å². The molecular weight excluding hydrogens is 588 g/mol. The van der Waals surface area contributed by atoms with Crippen molar-refractivity contribution in [3.05, 3.63) is 76.8 Å². The van der Waals surface area contributed by atoms with Gasteiger partial charge in [-0.05, 0) is 86.7 Å². The molecule has 3 N–H and O–H groups in total. The number of rotatable bonds is 12. The van der Waals surface area contributed by atoms with Gasteiger partial charge in [0.15, 0.2) is 0 Å². The van der Waals surface area contributed by atoms with Gasteiger partial charge in [0.1, 0.15) is 11.6 Å². The molecule has 1 aliphatic carbocycles. The predicted molar refractivity (Wildman–Crippen MR) is 178 cm³/mol. The molecule has 2 aromatic carbocycles. The molecule has 0 unspecified atom stereocenters. The van der Waals surface area contributed by atoms with Crippen molar-refractivity contribution in [2.75, 3.05) is 39.4 Å². The van der Waals surface area contributed by atoms with Gasteiger partial charge in [-0.25, -0.2) is 0 Å². The Kier molecular flexibility index (Phi) is 12.1. The van der Waals surface area contributed by atoms with Gasteiger partial charge in [0.2, 0.25) is 17.7 Å².